The molecule has 0 bridgehead atoms. The number of imidazole rings is 1. The fraction of sp³-hybridized carbons (Fsp3) is 0. The first kappa shape index (κ1) is 12.8. The summed E-state index contributed by atoms with van der Waals surface area (Å²) in [4.78, 5) is 18.4. The predicted molar refractivity (Wildman–Crippen MR) is 76.1 cm³/mol. The summed E-state index contributed by atoms with van der Waals surface area (Å²) in [5.74, 6) is -1.02. The summed E-state index contributed by atoms with van der Waals surface area (Å²) in [6.07, 6.45) is 0. The molecule has 3 aromatic rings. The molecule has 20 heavy (non-hydrogen) atoms. The highest BCUT2D eigenvalue weighted by molar-refractivity contribution is 9.10. The molecule has 0 saturated heterocycles. The molecule has 0 radical (unpaired) electrons. The maximum atomic E-state index is 13.5. The van der Waals surface area contributed by atoms with Gasteiger partial charge < -0.3 is 10.1 Å². The zero-order valence-corrected chi connectivity index (χ0v) is 11.6. The van der Waals surface area contributed by atoms with Crippen molar-refractivity contribution in [2.75, 3.05) is 0 Å². The molecule has 0 aliphatic heterocycles. The molecule has 1 aromatic heterocycles. The third-order valence-corrected chi connectivity index (χ3v) is 3.58. The number of hydrogen-bond acceptors (Lipinski definition) is 2. The number of aromatic amines is 1. The highest BCUT2D eigenvalue weighted by Gasteiger charge is 2.13. The van der Waals surface area contributed by atoms with E-state index in [1.165, 1.54) is 12.1 Å². The molecular weight excluding hydrogens is 327 g/mol. The summed E-state index contributed by atoms with van der Waals surface area (Å²) < 4.78 is 13.9. The van der Waals surface area contributed by atoms with E-state index in [-0.39, 0.29) is 5.56 Å². The predicted octanol–water partition coefficient (Wildman–Crippen LogP) is 3.83. The van der Waals surface area contributed by atoms with E-state index < -0.39 is 11.8 Å². The second-order valence-electron chi connectivity index (χ2n) is 4.22. The molecule has 3 rings (SSSR count). The zero-order chi connectivity index (χ0) is 14.3. The number of benzene rings is 2. The van der Waals surface area contributed by atoms with E-state index in [0.717, 1.165) is 0 Å². The number of hydrogen-bond donors (Lipinski definition) is 2. The third kappa shape index (κ3) is 2.08. The normalized spacial score (nSPS) is 10.9. The summed E-state index contributed by atoms with van der Waals surface area (Å²) in [5, 5.41) is 9.12. The van der Waals surface area contributed by atoms with Crippen LogP contribution in [0.1, 0.15) is 10.4 Å². The Morgan fingerprint density at radius 2 is 2.10 bits per heavy atom. The van der Waals surface area contributed by atoms with Crippen molar-refractivity contribution in [3.05, 3.63) is 52.3 Å². The number of nitrogens with one attached hydrogen (secondary N) is 1. The first-order valence-electron chi connectivity index (χ1n) is 5.73. The van der Waals surface area contributed by atoms with Crippen molar-refractivity contribution in [3.8, 4) is 11.4 Å². The summed E-state index contributed by atoms with van der Waals surface area (Å²) in [7, 11) is 0. The van der Waals surface area contributed by atoms with Crippen LogP contribution in [0.15, 0.2) is 40.9 Å². The molecule has 6 heteroatoms. The van der Waals surface area contributed by atoms with Gasteiger partial charge >= 0.3 is 5.97 Å². The Bertz CT molecular complexity index is 829. The Kier molecular flexibility index (Phi) is 3.02. The number of para-hydroxylation sites is 1. The van der Waals surface area contributed by atoms with Crippen molar-refractivity contribution in [1.29, 1.82) is 0 Å². The van der Waals surface area contributed by atoms with Crippen LogP contribution in [0.5, 0.6) is 0 Å². The summed E-state index contributed by atoms with van der Waals surface area (Å²) in [6, 6.07) is 9.46. The number of carbonyl (C=O) groups is 1. The number of halogens is 2. The Balaban J connectivity index is 2.20. The SMILES string of the molecule is O=C(O)c1cccc2[nH]c(-c3ccc(Br)c(F)c3)nc12. The van der Waals surface area contributed by atoms with Crippen LogP contribution in [-0.4, -0.2) is 21.0 Å². The van der Waals surface area contributed by atoms with E-state index in [0.29, 0.717) is 26.9 Å². The van der Waals surface area contributed by atoms with Crippen molar-refractivity contribution < 1.29 is 14.3 Å². The average Bonchev–Trinajstić information content (AvgIpc) is 2.85. The fourth-order valence-corrected chi connectivity index (χ4v) is 2.23. The lowest BCUT2D eigenvalue weighted by Crippen LogP contribution is -1.96. The molecule has 100 valence electrons. The second-order valence-corrected chi connectivity index (χ2v) is 5.08. The Labute approximate surface area is 121 Å². The van der Waals surface area contributed by atoms with Gasteiger partial charge in [-0.1, -0.05) is 6.07 Å². The van der Waals surface area contributed by atoms with Crippen LogP contribution in [0.3, 0.4) is 0 Å². The lowest BCUT2D eigenvalue weighted by atomic mass is 10.2. The van der Waals surface area contributed by atoms with Crippen LogP contribution < -0.4 is 0 Å². The molecule has 0 atom stereocenters. The third-order valence-electron chi connectivity index (χ3n) is 2.94. The monoisotopic (exact) mass is 334 g/mol. The van der Waals surface area contributed by atoms with Gasteiger partial charge in [-0.05, 0) is 46.3 Å². The number of rotatable bonds is 2. The number of nitrogens with zero attached hydrogens (tertiary/aromatic N) is 1. The molecular formula is C14H8BrFN2O2. The van der Waals surface area contributed by atoms with Crippen molar-refractivity contribution in [2.24, 2.45) is 0 Å². The first-order valence-corrected chi connectivity index (χ1v) is 6.53. The lowest BCUT2D eigenvalue weighted by Gasteiger charge is -1.98. The minimum atomic E-state index is -1.05. The molecule has 4 nitrogen and oxygen atoms in total. The number of H-pyrrole nitrogens is 1. The average molecular weight is 335 g/mol. The largest absolute Gasteiger partial charge is 0.478 e. The second kappa shape index (κ2) is 4.72. The molecule has 0 unspecified atom stereocenters. The van der Waals surface area contributed by atoms with E-state index in [1.54, 1.807) is 24.3 Å². The molecule has 0 fully saturated rings. The van der Waals surface area contributed by atoms with Gasteiger partial charge in [0.15, 0.2) is 0 Å². The molecule has 0 amide bonds. The van der Waals surface area contributed by atoms with Crippen molar-refractivity contribution in [2.45, 2.75) is 0 Å². The summed E-state index contributed by atoms with van der Waals surface area (Å²) in [6.45, 7) is 0. The number of carboxylic acids is 1. The van der Waals surface area contributed by atoms with Gasteiger partial charge in [-0.2, -0.15) is 0 Å². The van der Waals surface area contributed by atoms with Gasteiger partial charge in [0.25, 0.3) is 0 Å². The standard InChI is InChI=1S/C14H8BrFN2O2/c15-9-5-4-7(6-10(9)16)13-17-11-3-1-2-8(14(19)20)12(11)18-13/h1-6H,(H,17,18)(H,19,20). The van der Waals surface area contributed by atoms with Gasteiger partial charge in [-0.25, -0.2) is 14.2 Å². The van der Waals surface area contributed by atoms with E-state index in [2.05, 4.69) is 25.9 Å². The van der Waals surface area contributed by atoms with Crippen molar-refractivity contribution in [3.63, 3.8) is 0 Å². The smallest absolute Gasteiger partial charge is 0.337 e. The highest BCUT2D eigenvalue weighted by Crippen LogP contribution is 2.25. The molecule has 2 N–H and O–H groups in total. The van der Waals surface area contributed by atoms with E-state index in [9.17, 15) is 9.18 Å². The minimum absolute atomic E-state index is 0.114. The zero-order valence-electron chi connectivity index (χ0n) is 10.0. The van der Waals surface area contributed by atoms with Crippen molar-refractivity contribution in [1.82, 2.24) is 9.97 Å². The summed E-state index contributed by atoms with van der Waals surface area (Å²) >= 11 is 3.08. The van der Waals surface area contributed by atoms with Gasteiger partial charge in [-0.15, -0.1) is 0 Å². The van der Waals surface area contributed by atoms with Gasteiger partial charge in [-0.3, -0.25) is 0 Å². The van der Waals surface area contributed by atoms with Gasteiger partial charge in [0, 0.05) is 5.56 Å². The molecule has 0 aliphatic rings. The molecule has 2 aromatic carbocycles. The molecule has 0 spiro atoms. The molecule has 0 aliphatic carbocycles. The quantitative estimate of drug-likeness (QED) is 0.748. The fourth-order valence-electron chi connectivity index (χ4n) is 1.98. The van der Waals surface area contributed by atoms with Crippen LogP contribution in [0, 0.1) is 5.82 Å². The minimum Gasteiger partial charge on any atom is -0.478 e. The highest BCUT2D eigenvalue weighted by atomic mass is 79.9. The lowest BCUT2D eigenvalue weighted by molar-refractivity contribution is 0.0699. The molecule has 1 heterocycles. The van der Waals surface area contributed by atoms with E-state index >= 15 is 0 Å². The van der Waals surface area contributed by atoms with Crippen LogP contribution in [0.4, 0.5) is 4.39 Å². The molecule has 0 saturated carbocycles. The van der Waals surface area contributed by atoms with E-state index in [1.807, 2.05) is 0 Å². The number of aromatic carboxylic acids is 1. The van der Waals surface area contributed by atoms with Gasteiger partial charge in [0.1, 0.15) is 17.2 Å². The maximum Gasteiger partial charge on any atom is 0.337 e. The number of fused-ring (bicyclic) bond motifs is 1. The maximum absolute atomic E-state index is 13.5. The van der Waals surface area contributed by atoms with Crippen LogP contribution >= 0.6 is 15.9 Å². The number of aromatic nitrogens is 2. The van der Waals surface area contributed by atoms with Crippen molar-refractivity contribution >= 4 is 32.9 Å². The first-order chi connectivity index (χ1) is 9.56. The van der Waals surface area contributed by atoms with Crippen LogP contribution in [0.25, 0.3) is 22.4 Å². The van der Waals surface area contributed by atoms with E-state index in [4.69, 9.17) is 5.11 Å². The van der Waals surface area contributed by atoms with Crippen LogP contribution in [0.2, 0.25) is 0 Å². The van der Waals surface area contributed by atoms with Crippen LogP contribution in [-0.2, 0) is 0 Å². The van der Waals surface area contributed by atoms with Gasteiger partial charge in [0.2, 0.25) is 0 Å². The Morgan fingerprint density at radius 1 is 1.30 bits per heavy atom. The number of carboxylic acid groups (broad SMARTS) is 1. The Hall–Kier alpha value is -2.21. The van der Waals surface area contributed by atoms with Gasteiger partial charge in [0.05, 0.1) is 15.6 Å². The summed E-state index contributed by atoms with van der Waals surface area (Å²) in [5.41, 5.74) is 1.63. The topological polar surface area (TPSA) is 66.0 Å². The Morgan fingerprint density at radius 3 is 2.80 bits per heavy atom.